The third-order valence-electron chi connectivity index (χ3n) is 6.70. The zero-order chi connectivity index (χ0) is 22.3. The average Bonchev–Trinajstić information content (AvgIpc) is 3.37. The number of piperazine rings is 1. The second kappa shape index (κ2) is 10.9. The SMILES string of the molecule is COc1ccc(N2CCN(C(=O)C3CCCCC3C(=O)NCCc3cccs3)CC2)cc1. The largest absolute Gasteiger partial charge is 0.497 e. The fourth-order valence-electron chi connectivity index (χ4n) is 4.85. The first-order chi connectivity index (χ1) is 15.7. The molecule has 4 rings (SSSR count). The molecular formula is C25H33N3O3S. The molecule has 2 unspecified atom stereocenters. The molecule has 7 heteroatoms. The number of nitrogens with one attached hydrogen (secondary N) is 1. The third kappa shape index (κ3) is 5.44. The predicted molar refractivity (Wildman–Crippen MR) is 128 cm³/mol. The second-order valence-electron chi connectivity index (χ2n) is 8.63. The standard InChI is InChI=1S/C25H33N3O3S/c1-31-20-10-8-19(9-11-20)27-14-16-28(17-15-27)25(30)23-7-3-2-6-22(23)24(29)26-13-12-21-5-4-18-32-21/h4-5,8-11,18,22-23H,2-3,6-7,12-17H2,1H3,(H,26,29). The van der Waals surface area contributed by atoms with Gasteiger partial charge in [-0.3, -0.25) is 9.59 Å². The summed E-state index contributed by atoms with van der Waals surface area (Å²) in [6, 6.07) is 12.2. The Morgan fingerprint density at radius 3 is 2.41 bits per heavy atom. The highest BCUT2D eigenvalue weighted by atomic mass is 32.1. The minimum atomic E-state index is -0.195. The smallest absolute Gasteiger partial charge is 0.226 e. The summed E-state index contributed by atoms with van der Waals surface area (Å²) < 4.78 is 5.24. The molecule has 1 aliphatic carbocycles. The van der Waals surface area contributed by atoms with Gasteiger partial charge in [0.15, 0.2) is 0 Å². The molecule has 0 radical (unpaired) electrons. The van der Waals surface area contributed by atoms with E-state index in [0.29, 0.717) is 19.6 Å². The van der Waals surface area contributed by atoms with Gasteiger partial charge in [-0.25, -0.2) is 0 Å². The number of ether oxygens (including phenoxy) is 1. The van der Waals surface area contributed by atoms with Gasteiger partial charge < -0.3 is 19.9 Å². The fourth-order valence-corrected chi connectivity index (χ4v) is 5.56. The number of nitrogens with zero attached hydrogens (tertiary/aromatic N) is 2. The zero-order valence-corrected chi connectivity index (χ0v) is 19.6. The predicted octanol–water partition coefficient (Wildman–Crippen LogP) is 3.57. The van der Waals surface area contributed by atoms with E-state index in [1.165, 1.54) is 4.88 Å². The van der Waals surface area contributed by atoms with E-state index in [1.54, 1.807) is 18.4 Å². The number of anilines is 1. The lowest BCUT2D eigenvalue weighted by atomic mass is 9.77. The summed E-state index contributed by atoms with van der Waals surface area (Å²) in [4.78, 5) is 31.8. The highest BCUT2D eigenvalue weighted by molar-refractivity contribution is 7.09. The lowest BCUT2D eigenvalue weighted by Crippen LogP contribution is -2.52. The Balaban J connectivity index is 1.30. The van der Waals surface area contributed by atoms with Crippen LogP contribution in [0.5, 0.6) is 5.75 Å². The van der Waals surface area contributed by atoms with Crippen LogP contribution in [-0.2, 0) is 16.0 Å². The number of methoxy groups -OCH3 is 1. The Morgan fingerprint density at radius 2 is 1.75 bits per heavy atom. The van der Waals surface area contributed by atoms with Gasteiger partial charge in [0.25, 0.3) is 0 Å². The van der Waals surface area contributed by atoms with Gasteiger partial charge >= 0.3 is 0 Å². The highest BCUT2D eigenvalue weighted by Gasteiger charge is 2.38. The summed E-state index contributed by atoms with van der Waals surface area (Å²) in [6.45, 7) is 3.66. The molecule has 2 aliphatic rings. The van der Waals surface area contributed by atoms with Crippen LogP contribution in [0.1, 0.15) is 30.6 Å². The third-order valence-corrected chi connectivity index (χ3v) is 7.64. The van der Waals surface area contributed by atoms with Crippen molar-refractivity contribution in [1.29, 1.82) is 0 Å². The summed E-state index contributed by atoms with van der Waals surface area (Å²) in [5.74, 6) is 0.686. The van der Waals surface area contributed by atoms with Crippen molar-refractivity contribution in [1.82, 2.24) is 10.2 Å². The Bertz CT molecular complexity index is 876. The van der Waals surface area contributed by atoms with Crippen molar-refractivity contribution in [2.24, 2.45) is 11.8 Å². The maximum atomic E-state index is 13.4. The monoisotopic (exact) mass is 455 g/mol. The molecule has 1 aliphatic heterocycles. The van der Waals surface area contributed by atoms with Crippen molar-refractivity contribution in [2.45, 2.75) is 32.1 Å². The number of benzene rings is 1. The van der Waals surface area contributed by atoms with Crippen molar-refractivity contribution in [3.63, 3.8) is 0 Å². The molecule has 0 spiro atoms. The molecule has 2 amide bonds. The number of thiophene rings is 1. The summed E-state index contributed by atoms with van der Waals surface area (Å²) >= 11 is 1.71. The van der Waals surface area contributed by atoms with Gasteiger partial charge in [-0.2, -0.15) is 0 Å². The van der Waals surface area contributed by atoms with Crippen LogP contribution in [0.15, 0.2) is 41.8 Å². The van der Waals surface area contributed by atoms with Gasteiger partial charge in [-0.1, -0.05) is 18.9 Å². The number of carbonyl (C=O) groups excluding carboxylic acids is 2. The molecule has 2 fully saturated rings. The Hall–Kier alpha value is -2.54. The van der Waals surface area contributed by atoms with Crippen LogP contribution in [0.4, 0.5) is 5.69 Å². The van der Waals surface area contributed by atoms with Gasteiger partial charge in [0.2, 0.25) is 11.8 Å². The van der Waals surface area contributed by atoms with Gasteiger partial charge in [-0.05, 0) is 55.0 Å². The lowest BCUT2D eigenvalue weighted by Gasteiger charge is -2.39. The van der Waals surface area contributed by atoms with Crippen molar-refractivity contribution in [3.8, 4) is 5.75 Å². The number of hydrogen-bond donors (Lipinski definition) is 1. The second-order valence-corrected chi connectivity index (χ2v) is 9.66. The summed E-state index contributed by atoms with van der Waals surface area (Å²) in [5.41, 5.74) is 1.15. The first kappa shape index (κ1) is 22.6. The number of rotatable bonds is 7. The van der Waals surface area contributed by atoms with E-state index >= 15 is 0 Å². The molecule has 1 saturated heterocycles. The lowest BCUT2D eigenvalue weighted by molar-refractivity contribution is -0.143. The summed E-state index contributed by atoms with van der Waals surface area (Å²) in [7, 11) is 1.67. The van der Waals surface area contributed by atoms with Crippen molar-refractivity contribution >= 4 is 28.8 Å². The topological polar surface area (TPSA) is 61.9 Å². The van der Waals surface area contributed by atoms with E-state index < -0.39 is 0 Å². The van der Waals surface area contributed by atoms with Gasteiger partial charge in [0.05, 0.1) is 7.11 Å². The van der Waals surface area contributed by atoms with E-state index in [4.69, 9.17) is 4.74 Å². The molecule has 2 aromatic rings. The van der Waals surface area contributed by atoms with E-state index in [2.05, 4.69) is 33.8 Å². The maximum absolute atomic E-state index is 13.4. The molecule has 172 valence electrons. The Kier molecular flexibility index (Phi) is 7.68. The maximum Gasteiger partial charge on any atom is 0.226 e. The molecule has 1 N–H and O–H groups in total. The fraction of sp³-hybridized carbons (Fsp3) is 0.520. The van der Waals surface area contributed by atoms with Gasteiger partial charge in [-0.15, -0.1) is 11.3 Å². The highest BCUT2D eigenvalue weighted by Crippen LogP contribution is 2.32. The molecule has 1 aromatic carbocycles. The van der Waals surface area contributed by atoms with Crippen LogP contribution in [0, 0.1) is 11.8 Å². The molecule has 32 heavy (non-hydrogen) atoms. The molecule has 1 aromatic heterocycles. The van der Waals surface area contributed by atoms with Gasteiger partial charge in [0.1, 0.15) is 5.75 Å². The van der Waals surface area contributed by atoms with E-state index in [-0.39, 0.29) is 23.7 Å². The van der Waals surface area contributed by atoms with E-state index in [9.17, 15) is 9.59 Å². The summed E-state index contributed by atoms with van der Waals surface area (Å²) in [5, 5.41) is 5.15. The number of amides is 2. The van der Waals surface area contributed by atoms with E-state index in [0.717, 1.165) is 56.6 Å². The number of hydrogen-bond acceptors (Lipinski definition) is 5. The van der Waals surface area contributed by atoms with Crippen LogP contribution in [0.2, 0.25) is 0 Å². The minimum Gasteiger partial charge on any atom is -0.497 e. The quantitative estimate of drug-likeness (QED) is 0.693. The molecule has 2 atom stereocenters. The normalized spacial score (nSPS) is 21.3. The van der Waals surface area contributed by atoms with Crippen LogP contribution in [0.25, 0.3) is 0 Å². The first-order valence-electron chi connectivity index (χ1n) is 11.6. The minimum absolute atomic E-state index is 0.0523. The van der Waals surface area contributed by atoms with Crippen LogP contribution >= 0.6 is 11.3 Å². The molecule has 2 heterocycles. The Morgan fingerprint density at radius 1 is 1.03 bits per heavy atom. The summed E-state index contributed by atoms with van der Waals surface area (Å²) in [6.07, 6.45) is 4.54. The van der Waals surface area contributed by atoms with Gasteiger partial charge in [0, 0.05) is 55.1 Å². The van der Waals surface area contributed by atoms with Crippen LogP contribution in [0.3, 0.4) is 0 Å². The van der Waals surface area contributed by atoms with E-state index in [1.807, 2.05) is 23.1 Å². The van der Waals surface area contributed by atoms with Crippen molar-refractivity contribution in [3.05, 3.63) is 46.7 Å². The first-order valence-corrected chi connectivity index (χ1v) is 12.5. The van der Waals surface area contributed by atoms with Crippen LogP contribution < -0.4 is 15.0 Å². The average molecular weight is 456 g/mol. The van der Waals surface area contributed by atoms with Crippen LogP contribution in [-0.4, -0.2) is 56.5 Å². The molecule has 0 bridgehead atoms. The Labute approximate surface area is 194 Å². The van der Waals surface area contributed by atoms with Crippen molar-refractivity contribution in [2.75, 3.05) is 44.7 Å². The van der Waals surface area contributed by atoms with Crippen molar-refractivity contribution < 1.29 is 14.3 Å². The molecular weight excluding hydrogens is 422 g/mol. The number of carbonyl (C=O) groups is 2. The molecule has 6 nitrogen and oxygen atoms in total. The molecule has 1 saturated carbocycles. The zero-order valence-electron chi connectivity index (χ0n) is 18.8.